The number of hydrogen-bond acceptors (Lipinski definition) is 6. The van der Waals surface area contributed by atoms with Gasteiger partial charge in [-0.25, -0.2) is 13.2 Å². The molecule has 0 aliphatic rings. The van der Waals surface area contributed by atoms with Crippen LogP contribution in [-0.2, 0) is 19.6 Å². The molecule has 1 amide bonds. The summed E-state index contributed by atoms with van der Waals surface area (Å²) in [5.41, 5.74) is 1.23. The van der Waals surface area contributed by atoms with Crippen LogP contribution in [0.5, 0.6) is 0 Å². The lowest BCUT2D eigenvalue weighted by Crippen LogP contribution is -2.35. The molecule has 0 spiro atoms. The molecule has 2 aromatic rings. The molecule has 7 nitrogen and oxygen atoms in total. The van der Waals surface area contributed by atoms with E-state index in [-0.39, 0.29) is 16.3 Å². The maximum Gasteiger partial charge on any atom is 0.350 e. The summed E-state index contributed by atoms with van der Waals surface area (Å²) >= 11 is 1.13. The van der Waals surface area contributed by atoms with Crippen molar-refractivity contribution >= 4 is 38.9 Å². The van der Waals surface area contributed by atoms with Crippen molar-refractivity contribution in [2.75, 3.05) is 26.0 Å². The zero-order chi connectivity index (χ0) is 18.6. The van der Waals surface area contributed by atoms with Gasteiger partial charge in [0.15, 0.2) is 0 Å². The zero-order valence-corrected chi connectivity index (χ0v) is 15.6. The van der Waals surface area contributed by atoms with Crippen LogP contribution in [0.15, 0.2) is 40.6 Å². The quantitative estimate of drug-likeness (QED) is 0.773. The Hall–Kier alpha value is -2.23. The summed E-state index contributed by atoms with van der Waals surface area (Å²) in [6, 6.07) is 7.92. The van der Waals surface area contributed by atoms with E-state index >= 15 is 0 Å². The topological polar surface area (TPSA) is 92.8 Å². The number of hydrogen-bond donors (Lipinski definition) is 1. The highest BCUT2D eigenvalue weighted by Gasteiger charge is 2.24. The lowest BCUT2D eigenvalue weighted by molar-refractivity contribution is -0.116. The molecule has 0 saturated carbocycles. The van der Waals surface area contributed by atoms with E-state index in [4.69, 9.17) is 0 Å². The number of ether oxygens (including phenoxy) is 1. The lowest BCUT2D eigenvalue weighted by Gasteiger charge is -2.17. The molecule has 9 heteroatoms. The molecule has 0 fully saturated rings. The number of carbonyl (C=O) groups excluding carboxylic acids is 2. The van der Waals surface area contributed by atoms with E-state index in [1.54, 1.807) is 23.6 Å². The summed E-state index contributed by atoms with van der Waals surface area (Å²) in [5.74, 6) is -1.12. The number of amides is 1. The van der Waals surface area contributed by atoms with E-state index in [2.05, 4.69) is 10.1 Å². The van der Waals surface area contributed by atoms with Gasteiger partial charge in [0, 0.05) is 7.05 Å². The first-order valence-corrected chi connectivity index (χ1v) is 9.56. The summed E-state index contributed by atoms with van der Waals surface area (Å²) < 4.78 is 30.5. The van der Waals surface area contributed by atoms with Crippen molar-refractivity contribution in [2.45, 2.75) is 11.8 Å². The lowest BCUT2D eigenvalue weighted by atomic mass is 10.2. The third-order valence-electron chi connectivity index (χ3n) is 3.41. The molecule has 2 rings (SSSR count). The van der Waals surface area contributed by atoms with Crippen molar-refractivity contribution in [3.63, 3.8) is 0 Å². The average Bonchev–Trinajstić information content (AvgIpc) is 3.02. The number of sulfonamides is 1. The molecule has 0 atom stereocenters. The number of benzene rings is 1. The van der Waals surface area contributed by atoms with Crippen LogP contribution in [0.3, 0.4) is 0 Å². The number of esters is 1. The summed E-state index contributed by atoms with van der Waals surface area (Å²) in [6.07, 6.45) is 0. The number of methoxy groups -OCH3 is 1. The predicted molar refractivity (Wildman–Crippen MR) is 95.3 cm³/mol. The highest BCUT2D eigenvalue weighted by atomic mass is 32.2. The Morgan fingerprint density at radius 1 is 1.20 bits per heavy atom. The molecule has 1 heterocycles. The molecule has 0 radical (unpaired) electrons. The Labute approximate surface area is 150 Å². The molecular formula is C16H18N2O5S2. The fourth-order valence-corrected chi connectivity index (χ4v) is 3.92. The molecule has 1 aromatic heterocycles. The maximum absolute atomic E-state index is 12.5. The summed E-state index contributed by atoms with van der Waals surface area (Å²) in [6.45, 7) is 1.47. The minimum absolute atomic E-state index is 0.110. The van der Waals surface area contributed by atoms with Gasteiger partial charge >= 0.3 is 5.97 Å². The second-order valence-corrected chi connectivity index (χ2v) is 8.24. The summed E-state index contributed by atoms with van der Waals surface area (Å²) in [5, 5.41) is 4.17. The fraction of sp³-hybridized carbons (Fsp3) is 0.250. The van der Waals surface area contributed by atoms with Gasteiger partial charge in [0.1, 0.15) is 4.88 Å². The Balaban J connectivity index is 2.09. The van der Waals surface area contributed by atoms with Crippen LogP contribution in [-0.4, -0.2) is 45.3 Å². The van der Waals surface area contributed by atoms with Crippen LogP contribution in [0.4, 0.5) is 5.69 Å². The molecule has 0 saturated heterocycles. The minimum Gasteiger partial charge on any atom is -0.465 e. The first-order chi connectivity index (χ1) is 11.8. The first-order valence-electron chi connectivity index (χ1n) is 7.24. The van der Waals surface area contributed by atoms with Gasteiger partial charge < -0.3 is 10.1 Å². The van der Waals surface area contributed by atoms with Gasteiger partial charge in [-0.3, -0.25) is 4.79 Å². The van der Waals surface area contributed by atoms with Crippen molar-refractivity contribution in [3.8, 4) is 0 Å². The average molecular weight is 382 g/mol. The van der Waals surface area contributed by atoms with Gasteiger partial charge in [0.2, 0.25) is 15.9 Å². The normalized spacial score (nSPS) is 11.4. The number of nitrogens with one attached hydrogen (secondary N) is 1. The number of thiophene rings is 1. The second-order valence-electron chi connectivity index (χ2n) is 5.28. The molecular weight excluding hydrogens is 364 g/mol. The maximum atomic E-state index is 12.5. The van der Waals surface area contributed by atoms with Crippen molar-refractivity contribution in [1.29, 1.82) is 0 Å². The van der Waals surface area contributed by atoms with E-state index < -0.39 is 21.9 Å². The fourth-order valence-electron chi connectivity index (χ4n) is 2.03. The number of rotatable bonds is 6. The van der Waals surface area contributed by atoms with Gasteiger partial charge in [-0.1, -0.05) is 17.7 Å². The number of anilines is 1. The van der Waals surface area contributed by atoms with E-state index in [0.717, 1.165) is 21.2 Å². The molecule has 134 valence electrons. The van der Waals surface area contributed by atoms with Crippen LogP contribution in [0.25, 0.3) is 0 Å². The third-order valence-corrected chi connectivity index (χ3v) is 6.12. The monoisotopic (exact) mass is 382 g/mol. The second kappa shape index (κ2) is 7.77. The zero-order valence-electron chi connectivity index (χ0n) is 14.0. The van der Waals surface area contributed by atoms with E-state index in [1.807, 2.05) is 6.92 Å². The van der Waals surface area contributed by atoms with Crippen molar-refractivity contribution in [1.82, 2.24) is 4.31 Å². The Morgan fingerprint density at radius 2 is 1.84 bits per heavy atom. The molecule has 1 aromatic carbocycles. The smallest absolute Gasteiger partial charge is 0.350 e. The van der Waals surface area contributed by atoms with E-state index in [1.165, 1.54) is 26.3 Å². The third kappa shape index (κ3) is 4.44. The molecule has 0 bridgehead atoms. The summed E-state index contributed by atoms with van der Waals surface area (Å²) in [7, 11) is -1.21. The van der Waals surface area contributed by atoms with Crippen LogP contribution in [0.1, 0.15) is 15.2 Å². The molecule has 25 heavy (non-hydrogen) atoms. The molecule has 0 unspecified atom stereocenters. The summed E-state index contributed by atoms with van der Waals surface area (Å²) in [4.78, 5) is 24.1. The van der Waals surface area contributed by atoms with Crippen molar-refractivity contribution in [2.24, 2.45) is 0 Å². The van der Waals surface area contributed by atoms with Gasteiger partial charge in [0.25, 0.3) is 0 Å². The van der Waals surface area contributed by atoms with Gasteiger partial charge in [-0.2, -0.15) is 4.31 Å². The predicted octanol–water partition coefficient (Wildman–Crippen LogP) is 2.10. The van der Waals surface area contributed by atoms with Crippen molar-refractivity contribution in [3.05, 3.63) is 46.2 Å². The van der Waals surface area contributed by atoms with E-state index in [9.17, 15) is 18.0 Å². The van der Waals surface area contributed by atoms with Crippen LogP contribution in [0, 0.1) is 6.92 Å². The molecule has 0 aliphatic heterocycles. The Bertz CT molecular complexity index is 872. The Kier molecular flexibility index (Phi) is 5.93. The SMILES string of the molecule is COC(=O)c1sccc1NC(=O)CN(C)S(=O)(=O)c1ccc(C)cc1. The first kappa shape index (κ1) is 19.1. The van der Waals surface area contributed by atoms with Gasteiger partial charge in [0.05, 0.1) is 24.2 Å². The van der Waals surface area contributed by atoms with Gasteiger partial charge in [-0.05, 0) is 30.5 Å². The largest absolute Gasteiger partial charge is 0.465 e. The highest BCUT2D eigenvalue weighted by molar-refractivity contribution is 7.89. The molecule has 0 aliphatic carbocycles. The van der Waals surface area contributed by atoms with E-state index in [0.29, 0.717) is 5.69 Å². The molecule has 1 N–H and O–H groups in total. The standard InChI is InChI=1S/C16H18N2O5S2/c1-11-4-6-12(7-5-11)25(21,22)18(2)10-14(19)17-13-8-9-24-15(13)16(20)23-3/h4-9H,10H2,1-3H3,(H,17,19). The van der Waals surface area contributed by atoms with Crippen LogP contribution < -0.4 is 5.32 Å². The van der Waals surface area contributed by atoms with Crippen molar-refractivity contribution < 1.29 is 22.7 Å². The highest BCUT2D eigenvalue weighted by Crippen LogP contribution is 2.23. The number of aryl methyl sites for hydroxylation is 1. The number of likely N-dealkylation sites (N-methyl/N-ethyl adjacent to an activating group) is 1. The number of nitrogens with zero attached hydrogens (tertiary/aromatic N) is 1. The van der Waals surface area contributed by atoms with Gasteiger partial charge in [-0.15, -0.1) is 11.3 Å². The van der Waals surface area contributed by atoms with Crippen LogP contribution in [0.2, 0.25) is 0 Å². The van der Waals surface area contributed by atoms with Crippen LogP contribution >= 0.6 is 11.3 Å². The Morgan fingerprint density at radius 3 is 2.44 bits per heavy atom. The minimum atomic E-state index is -3.78. The number of carbonyl (C=O) groups is 2.